The molecule has 0 aromatic heterocycles. The number of nitrogens with two attached hydrogens (primary N) is 1. The number of amides is 1. The molecular formula is C9H10N2O2. The van der Waals surface area contributed by atoms with E-state index >= 15 is 0 Å². The molecule has 0 fully saturated rings. The zero-order chi connectivity index (χ0) is 9.68. The van der Waals surface area contributed by atoms with Crippen LogP contribution in [0.1, 0.15) is 5.56 Å². The first kappa shape index (κ1) is 9.25. The van der Waals surface area contributed by atoms with Crippen LogP contribution in [0.4, 0.5) is 0 Å². The topological polar surface area (TPSA) is 69.2 Å². The van der Waals surface area contributed by atoms with Gasteiger partial charge in [0.25, 0.3) is 0 Å². The van der Waals surface area contributed by atoms with E-state index < -0.39 is 5.91 Å². The molecule has 4 nitrogen and oxygen atoms in total. The number of nitrogens with zero attached hydrogens (tertiary/aromatic N) is 1. The van der Waals surface area contributed by atoms with E-state index in [1.54, 1.807) is 12.1 Å². The van der Waals surface area contributed by atoms with Crippen molar-refractivity contribution in [2.45, 2.75) is 6.54 Å². The summed E-state index contributed by atoms with van der Waals surface area (Å²) in [4.78, 5) is 10.3. The molecule has 0 bridgehead atoms. The Kier molecular flexibility index (Phi) is 3.03. The molecule has 1 amide bonds. The number of hydrogen-bond acceptors (Lipinski definition) is 2. The fourth-order valence-corrected chi connectivity index (χ4v) is 0.951. The van der Waals surface area contributed by atoms with Gasteiger partial charge in [-0.1, -0.05) is 30.3 Å². The van der Waals surface area contributed by atoms with Crippen molar-refractivity contribution in [2.75, 3.05) is 0 Å². The standard InChI is InChI=1S/C9H10N2O2/c10-9(12)7-11(13)6-8-4-2-1-3-5-8/h1-5,7H,6H2,(H2,10,12)/b11-7-. The van der Waals surface area contributed by atoms with Gasteiger partial charge in [-0.05, 0) is 0 Å². The third kappa shape index (κ3) is 3.37. The fourth-order valence-electron chi connectivity index (χ4n) is 0.951. The largest absolute Gasteiger partial charge is 0.623 e. The van der Waals surface area contributed by atoms with Crippen LogP contribution in [0.15, 0.2) is 30.3 Å². The molecule has 4 heteroatoms. The lowest BCUT2D eigenvalue weighted by Gasteiger charge is -2.01. The monoisotopic (exact) mass is 178 g/mol. The van der Waals surface area contributed by atoms with Gasteiger partial charge in [0.2, 0.25) is 6.21 Å². The molecule has 0 aliphatic heterocycles. The minimum atomic E-state index is -0.731. The van der Waals surface area contributed by atoms with Crippen molar-refractivity contribution in [3.05, 3.63) is 41.1 Å². The van der Waals surface area contributed by atoms with Crippen LogP contribution in [0.2, 0.25) is 0 Å². The van der Waals surface area contributed by atoms with Crippen LogP contribution in [0.25, 0.3) is 0 Å². The van der Waals surface area contributed by atoms with Gasteiger partial charge in [-0.3, -0.25) is 4.79 Å². The molecule has 0 aliphatic rings. The summed E-state index contributed by atoms with van der Waals surface area (Å²) in [6, 6.07) is 9.12. The van der Waals surface area contributed by atoms with Crippen LogP contribution in [0.3, 0.4) is 0 Å². The van der Waals surface area contributed by atoms with Crippen molar-refractivity contribution < 1.29 is 9.53 Å². The number of hydrogen-bond donors (Lipinski definition) is 1. The molecule has 1 aromatic carbocycles. The molecular weight excluding hydrogens is 168 g/mol. The first-order valence-electron chi connectivity index (χ1n) is 3.80. The maximum Gasteiger partial charge on any atom is 0.306 e. The normalized spacial score (nSPS) is 11.2. The SMILES string of the molecule is NC(=O)/C=[N+](\[O-])Cc1ccccc1. The van der Waals surface area contributed by atoms with Crippen LogP contribution in [0, 0.1) is 5.21 Å². The lowest BCUT2D eigenvalue weighted by atomic mass is 10.2. The Bertz CT molecular complexity index is 320. The van der Waals surface area contributed by atoms with E-state index in [9.17, 15) is 10.0 Å². The zero-order valence-electron chi connectivity index (χ0n) is 7.01. The Morgan fingerprint density at radius 1 is 1.46 bits per heavy atom. The van der Waals surface area contributed by atoms with Crippen LogP contribution in [0.5, 0.6) is 0 Å². The second-order valence-electron chi connectivity index (χ2n) is 2.59. The molecule has 0 radical (unpaired) electrons. The molecule has 0 saturated carbocycles. The van der Waals surface area contributed by atoms with Crippen LogP contribution in [-0.4, -0.2) is 16.9 Å². The molecule has 1 aromatic rings. The number of hydroxylamine groups is 1. The highest BCUT2D eigenvalue weighted by atomic mass is 16.5. The lowest BCUT2D eigenvalue weighted by Crippen LogP contribution is -2.19. The van der Waals surface area contributed by atoms with Crippen molar-refractivity contribution in [1.82, 2.24) is 0 Å². The van der Waals surface area contributed by atoms with E-state index in [0.29, 0.717) is 4.74 Å². The van der Waals surface area contributed by atoms with Gasteiger partial charge >= 0.3 is 5.91 Å². The molecule has 0 unspecified atom stereocenters. The van der Waals surface area contributed by atoms with Crippen molar-refractivity contribution in [2.24, 2.45) is 5.73 Å². The summed E-state index contributed by atoms with van der Waals surface area (Å²) in [6.45, 7) is 0.143. The number of carbonyl (C=O) groups excluding carboxylic acids is 1. The van der Waals surface area contributed by atoms with E-state index in [2.05, 4.69) is 0 Å². The molecule has 68 valence electrons. The Labute approximate surface area is 75.9 Å². The fraction of sp³-hybridized carbons (Fsp3) is 0.111. The molecule has 0 heterocycles. The van der Waals surface area contributed by atoms with Gasteiger partial charge in [0, 0.05) is 5.56 Å². The van der Waals surface area contributed by atoms with Crippen molar-refractivity contribution >= 4 is 12.1 Å². The third-order valence-corrected chi connectivity index (χ3v) is 1.45. The highest BCUT2D eigenvalue weighted by molar-refractivity contribution is 6.23. The van der Waals surface area contributed by atoms with E-state index in [0.717, 1.165) is 11.8 Å². The van der Waals surface area contributed by atoms with E-state index in [1.807, 2.05) is 18.2 Å². The van der Waals surface area contributed by atoms with E-state index in [4.69, 9.17) is 5.73 Å². The molecule has 0 aliphatic carbocycles. The molecule has 1 rings (SSSR count). The Balaban J connectivity index is 2.65. The first-order chi connectivity index (χ1) is 6.18. The van der Waals surface area contributed by atoms with Crippen molar-refractivity contribution in [1.29, 1.82) is 0 Å². The third-order valence-electron chi connectivity index (χ3n) is 1.45. The lowest BCUT2D eigenvalue weighted by molar-refractivity contribution is -0.469. The molecule has 13 heavy (non-hydrogen) atoms. The summed E-state index contributed by atoms with van der Waals surface area (Å²) in [5.41, 5.74) is 5.65. The highest BCUT2D eigenvalue weighted by Gasteiger charge is 1.98. The smallest absolute Gasteiger partial charge is 0.306 e. The minimum absolute atomic E-state index is 0.143. The second-order valence-corrected chi connectivity index (χ2v) is 2.59. The van der Waals surface area contributed by atoms with Crippen LogP contribution >= 0.6 is 0 Å². The van der Waals surface area contributed by atoms with Gasteiger partial charge in [-0.2, -0.15) is 0 Å². The van der Waals surface area contributed by atoms with Gasteiger partial charge in [-0.15, -0.1) is 0 Å². The second kappa shape index (κ2) is 4.25. The Hall–Kier alpha value is -1.84. The predicted octanol–water partition coefficient (Wildman–Crippen LogP) is 0.253. The maximum absolute atomic E-state index is 11.0. The van der Waals surface area contributed by atoms with Gasteiger partial charge in [-0.25, -0.2) is 4.74 Å². The molecule has 2 N–H and O–H groups in total. The summed E-state index contributed by atoms with van der Waals surface area (Å²) >= 11 is 0. The van der Waals surface area contributed by atoms with Crippen LogP contribution in [-0.2, 0) is 11.3 Å². The van der Waals surface area contributed by atoms with Gasteiger partial charge in [0.1, 0.15) is 0 Å². The predicted molar refractivity (Wildman–Crippen MR) is 49.0 cm³/mol. The number of carbonyl (C=O) groups is 1. The number of rotatable bonds is 3. The van der Waals surface area contributed by atoms with Gasteiger partial charge in [0.15, 0.2) is 6.54 Å². The Morgan fingerprint density at radius 3 is 2.62 bits per heavy atom. The molecule has 0 spiro atoms. The molecule has 0 saturated heterocycles. The molecule has 0 atom stereocenters. The van der Waals surface area contributed by atoms with Gasteiger partial charge < -0.3 is 10.9 Å². The summed E-state index contributed by atoms with van der Waals surface area (Å²) in [5.74, 6) is -0.731. The zero-order valence-corrected chi connectivity index (χ0v) is 7.01. The summed E-state index contributed by atoms with van der Waals surface area (Å²) in [7, 11) is 0. The van der Waals surface area contributed by atoms with E-state index in [1.165, 1.54) is 0 Å². The van der Waals surface area contributed by atoms with Crippen molar-refractivity contribution in [3.63, 3.8) is 0 Å². The number of primary amides is 1. The average Bonchev–Trinajstić information content (AvgIpc) is 2.04. The summed E-state index contributed by atoms with van der Waals surface area (Å²) in [5, 5.41) is 11.0. The van der Waals surface area contributed by atoms with Crippen molar-refractivity contribution in [3.8, 4) is 0 Å². The van der Waals surface area contributed by atoms with E-state index in [-0.39, 0.29) is 6.54 Å². The Morgan fingerprint density at radius 2 is 2.08 bits per heavy atom. The minimum Gasteiger partial charge on any atom is -0.623 e. The van der Waals surface area contributed by atoms with Crippen LogP contribution < -0.4 is 5.73 Å². The quantitative estimate of drug-likeness (QED) is 0.312. The number of benzene rings is 1. The maximum atomic E-state index is 11.0. The first-order valence-corrected chi connectivity index (χ1v) is 3.80. The highest BCUT2D eigenvalue weighted by Crippen LogP contribution is 1.98. The summed E-state index contributed by atoms with van der Waals surface area (Å²) < 4.78 is 0.512. The summed E-state index contributed by atoms with van der Waals surface area (Å²) in [6.07, 6.45) is 0.826. The van der Waals surface area contributed by atoms with Gasteiger partial charge in [0.05, 0.1) is 0 Å². The average molecular weight is 178 g/mol.